The minimum Gasteiger partial charge on any atom is -0.490 e. The number of benzene rings is 1. The van der Waals surface area contributed by atoms with Crippen molar-refractivity contribution in [2.75, 3.05) is 31.6 Å². The summed E-state index contributed by atoms with van der Waals surface area (Å²) in [4.78, 5) is 16.9. The number of ether oxygens (including phenoxy) is 1. The second-order valence-electron chi connectivity index (χ2n) is 7.15. The van der Waals surface area contributed by atoms with E-state index in [-0.39, 0.29) is 30.7 Å². The molecule has 2 fully saturated rings. The molecule has 2 saturated heterocycles. The number of likely N-dealkylation sites (N-methyl/N-ethyl adjacent to an activating group) is 1. The van der Waals surface area contributed by atoms with E-state index in [0.717, 1.165) is 24.3 Å². The van der Waals surface area contributed by atoms with E-state index in [1.54, 1.807) is 0 Å². The fourth-order valence-electron chi connectivity index (χ4n) is 4.23. The molecular weight excluding hydrogens is 397 g/mol. The minimum absolute atomic E-state index is 0. The Balaban J connectivity index is 0.00000121. The molecule has 2 unspecified atom stereocenters. The van der Waals surface area contributed by atoms with Gasteiger partial charge in [-0.25, -0.2) is 0 Å². The lowest BCUT2D eigenvalue weighted by atomic mass is 9.98. The molecule has 5 nitrogen and oxygen atoms in total. The predicted molar refractivity (Wildman–Crippen MR) is 109 cm³/mol. The van der Waals surface area contributed by atoms with Gasteiger partial charge in [-0.2, -0.15) is 0 Å². The van der Waals surface area contributed by atoms with Gasteiger partial charge in [-0.15, -0.1) is 24.8 Å². The highest BCUT2D eigenvalue weighted by Crippen LogP contribution is 2.34. The van der Waals surface area contributed by atoms with E-state index >= 15 is 0 Å². The van der Waals surface area contributed by atoms with Gasteiger partial charge in [-0.05, 0) is 43.9 Å². The van der Waals surface area contributed by atoms with Gasteiger partial charge in [0.25, 0.3) is 0 Å². The molecule has 3 aliphatic rings. The Bertz CT molecular complexity index is 634. The highest BCUT2D eigenvalue weighted by molar-refractivity contribution is 6.31. The molecule has 3 heterocycles. The molecule has 0 aliphatic carbocycles. The van der Waals surface area contributed by atoms with E-state index in [9.17, 15) is 4.79 Å². The first-order valence-electron chi connectivity index (χ1n) is 8.79. The van der Waals surface area contributed by atoms with E-state index in [1.165, 1.54) is 12.8 Å². The minimum atomic E-state index is 0. The molecule has 4 rings (SSSR count). The van der Waals surface area contributed by atoms with Crippen LogP contribution < -0.4 is 15.0 Å². The second kappa shape index (κ2) is 8.87. The van der Waals surface area contributed by atoms with Gasteiger partial charge >= 0.3 is 0 Å². The molecule has 2 atom stereocenters. The van der Waals surface area contributed by atoms with Gasteiger partial charge in [0.2, 0.25) is 5.91 Å². The van der Waals surface area contributed by atoms with Crippen LogP contribution in [0, 0.1) is 0 Å². The quantitative estimate of drug-likeness (QED) is 0.813. The van der Waals surface area contributed by atoms with Gasteiger partial charge < -0.3 is 19.9 Å². The molecule has 2 bridgehead atoms. The number of anilines is 1. The Morgan fingerprint density at radius 3 is 2.69 bits per heavy atom. The summed E-state index contributed by atoms with van der Waals surface area (Å²) in [5.41, 5.74) is 0.917. The molecule has 146 valence electrons. The number of carbonyl (C=O) groups excluding carboxylic acids is 1. The van der Waals surface area contributed by atoms with Gasteiger partial charge in [-0.3, -0.25) is 4.79 Å². The smallest absolute Gasteiger partial charge is 0.242 e. The number of halogens is 3. The monoisotopic (exact) mass is 421 g/mol. The van der Waals surface area contributed by atoms with E-state index in [4.69, 9.17) is 16.3 Å². The molecule has 0 aromatic heterocycles. The third-order valence-electron chi connectivity index (χ3n) is 5.60. The summed E-state index contributed by atoms with van der Waals surface area (Å²) < 4.78 is 5.67. The maximum absolute atomic E-state index is 12.8. The van der Waals surface area contributed by atoms with Crippen molar-refractivity contribution in [3.63, 3.8) is 0 Å². The first kappa shape index (κ1) is 21.4. The molecule has 0 saturated carbocycles. The Kier molecular flexibility index (Phi) is 7.31. The molecule has 3 aliphatic heterocycles. The van der Waals surface area contributed by atoms with Gasteiger partial charge in [0.05, 0.1) is 18.8 Å². The Morgan fingerprint density at radius 2 is 2.00 bits per heavy atom. The van der Waals surface area contributed by atoms with E-state index in [0.29, 0.717) is 42.8 Å². The average molecular weight is 423 g/mol. The molecule has 1 aromatic carbocycles. The molecule has 8 heteroatoms. The average Bonchev–Trinajstić information content (AvgIpc) is 2.92. The molecular formula is C18H26Cl3N3O2. The van der Waals surface area contributed by atoms with Crippen LogP contribution in [0.3, 0.4) is 0 Å². The van der Waals surface area contributed by atoms with Crippen LogP contribution in [-0.2, 0) is 4.79 Å². The van der Waals surface area contributed by atoms with Crippen molar-refractivity contribution in [2.45, 2.75) is 43.8 Å². The summed E-state index contributed by atoms with van der Waals surface area (Å²) in [7, 11) is 1.96. The number of hydrogen-bond donors (Lipinski definition) is 1. The SMILES string of the molecule is CN(C(=O)CN1CCOc2ccc(Cl)cc21)C1CC2CCC(C1)N2.Cl.Cl. The summed E-state index contributed by atoms with van der Waals surface area (Å²) in [5.74, 6) is 0.982. The summed E-state index contributed by atoms with van der Waals surface area (Å²) in [5, 5.41) is 4.30. The largest absolute Gasteiger partial charge is 0.490 e. The zero-order valence-corrected chi connectivity index (χ0v) is 17.2. The third-order valence-corrected chi connectivity index (χ3v) is 5.83. The van der Waals surface area contributed by atoms with Crippen molar-refractivity contribution in [3.8, 4) is 5.75 Å². The maximum Gasteiger partial charge on any atom is 0.242 e. The highest BCUT2D eigenvalue weighted by atomic mass is 35.5. The van der Waals surface area contributed by atoms with Crippen molar-refractivity contribution >= 4 is 48.0 Å². The van der Waals surface area contributed by atoms with Crippen molar-refractivity contribution in [1.82, 2.24) is 10.2 Å². The summed E-state index contributed by atoms with van der Waals surface area (Å²) in [6, 6.07) is 7.12. The zero-order valence-electron chi connectivity index (χ0n) is 14.8. The van der Waals surface area contributed by atoms with Crippen molar-refractivity contribution in [2.24, 2.45) is 0 Å². The molecule has 0 spiro atoms. The van der Waals surface area contributed by atoms with E-state index in [2.05, 4.69) is 10.2 Å². The second-order valence-corrected chi connectivity index (χ2v) is 7.59. The molecule has 1 N–H and O–H groups in total. The number of carbonyl (C=O) groups is 1. The Morgan fingerprint density at radius 1 is 1.31 bits per heavy atom. The summed E-state index contributed by atoms with van der Waals surface area (Å²) in [6.45, 7) is 1.69. The normalized spacial score (nSPS) is 26.1. The lowest BCUT2D eigenvalue weighted by molar-refractivity contribution is -0.131. The number of nitrogens with one attached hydrogen (secondary N) is 1. The lowest BCUT2D eigenvalue weighted by Gasteiger charge is -2.37. The first-order valence-corrected chi connectivity index (χ1v) is 9.17. The van der Waals surface area contributed by atoms with Gasteiger partial charge in [0.15, 0.2) is 0 Å². The van der Waals surface area contributed by atoms with Crippen LogP contribution in [-0.4, -0.2) is 55.7 Å². The van der Waals surface area contributed by atoms with Crippen molar-refractivity contribution in [3.05, 3.63) is 23.2 Å². The van der Waals surface area contributed by atoms with Crippen molar-refractivity contribution < 1.29 is 9.53 Å². The number of amides is 1. The fourth-order valence-corrected chi connectivity index (χ4v) is 4.40. The standard InChI is InChI=1S/C18H24ClN3O2.2ClH/c1-21(15-9-13-3-4-14(10-15)20-13)18(23)11-22-6-7-24-17-5-2-12(19)8-16(17)22;;/h2,5,8,13-15,20H,3-4,6-7,9-11H2,1H3;2*1H. The number of rotatable bonds is 3. The zero-order chi connectivity index (χ0) is 16.7. The lowest BCUT2D eigenvalue weighted by Crippen LogP contribution is -2.51. The van der Waals surface area contributed by atoms with Crippen LogP contribution in [0.25, 0.3) is 0 Å². The maximum atomic E-state index is 12.8. The fraction of sp³-hybridized carbons (Fsp3) is 0.611. The van der Waals surface area contributed by atoms with E-state index < -0.39 is 0 Å². The van der Waals surface area contributed by atoms with Crippen LogP contribution in [0.2, 0.25) is 5.02 Å². The Hall–Kier alpha value is -0.880. The van der Waals surface area contributed by atoms with Crippen molar-refractivity contribution in [1.29, 1.82) is 0 Å². The van der Waals surface area contributed by atoms with Crippen LogP contribution in [0.5, 0.6) is 5.75 Å². The number of hydrogen-bond acceptors (Lipinski definition) is 4. The number of fused-ring (bicyclic) bond motifs is 3. The molecule has 26 heavy (non-hydrogen) atoms. The summed E-state index contributed by atoms with van der Waals surface area (Å²) >= 11 is 6.12. The molecule has 1 amide bonds. The van der Waals surface area contributed by atoms with Gasteiger partial charge in [-0.1, -0.05) is 11.6 Å². The highest BCUT2D eigenvalue weighted by Gasteiger charge is 2.36. The van der Waals surface area contributed by atoms with Crippen LogP contribution in [0.1, 0.15) is 25.7 Å². The predicted octanol–water partition coefficient (Wildman–Crippen LogP) is 3.12. The number of piperidine rings is 1. The van der Waals surface area contributed by atoms with Crippen LogP contribution in [0.4, 0.5) is 5.69 Å². The van der Waals surface area contributed by atoms with Crippen LogP contribution in [0.15, 0.2) is 18.2 Å². The molecule has 1 aromatic rings. The van der Waals surface area contributed by atoms with E-state index in [1.807, 2.05) is 30.1 Å². The van der Waals surface area contributed by atoms with Crippen LogP contribution >= 0.6 is 36.4 Å². The van der Waals surface area contributed by atoms with Gasteiger partial charge in [0, 0.05) is 30.2 Å². The molecule has 0 radical (unpaired) electrons. The third kappa shape index (κ3) is 4.33. The first-order chi connectivity index (χ1) is 11.6. The van der Waals surface area contributed by atoms with Gasteiger partial charge in [0.1, 0.15) is 12.4 Å². The number of nitrogens with zero attached hydrogens (tertiary/aromatic N) is 2. The topological polar surface area (TPSA) is 44.8 Å². The Labute approximate surface area is 172 Å². The summed E-state index contributed by atoms with van der Waals surface area (Å²) in [6.07, 6.45) is 4.64.